The molecule has 18 heavy (non-hydrogen) atoms. The molecule has 0 radical (unpaired) electrons. The molecule has 2 rings (SSSR count). The predicted octanol–water partition coefficient (Wildman–Crippen LogP) is 1.73. The monoisotopic (exact) mass is 256 g/mol. The Morgan fingerprint density at radius 2 is 2.06 bits per heavy atom. The van der Waals surface area contributed by atoms with Crippen molar-refractivity contribution in [1.29, 1.82) is 0 Å². The fourth-order valence-corrected chi connectivity index (χ4v) is 2.19. The maximum Gasteiger partial charge on any atom is 0.126 e. The standard InChI is InChI=1S/C13H18F2N2O/c14-10-4-9(5-11(15)6-10)13(7-16)17-8-12-2-1-3-18-12/h4-6,12-13,17H,1-3,7-8,16H2. The van der Waals surface area contributed by atoms with Gasteiger partial charge in [-0.3, -0.25) is 0 Å². The van der Waals surface area contributed by atoms with Crippen LogP contribution in [0, 0.1) is 11.6 Å². The Hall–Kier alpha value is -1.04. The van der Waals surface area contributed by atoms with Crippen LogP contribution in [0.15, 0.2) is 18.2 Å². The van der Waals surface area contributed by atoms with Crippen molar-refractivity contribution in [2.75, 3.05) is 19.7 Å². The minimum absolute atomic E-state index is 0.178. The lowest BCUT2D eigenvalue weighted by Crippen LogP contribution is -2.34. The topological polar surface area (TPSA) is 47.3 Å². The first-order valence-electron chi connectivity index (χ1n) is 6.20. The van der Waals surface area contributed by atoms with Crippen LogP contribution in [0.3, 0.4) is 0 Å². The Labute approximate surface area is 105 Å². The molecule has 0 saturated carbocycles. The second-order valence-electron chi connectivity index (χ2n) is 4.53. The Morgan fingerprint density at radius 1 is 1.33 bits per heavy atom. The first kappa shape index (κ1) is 13.4. The van der Waals surface area contributed by atoms with Gasteiger partial charge in [0.1, 0.15) is 11.6 Å². The fourth-order valence-electron chi connectivity index (χ4n) is 2.19. The molecule has 100 valence electrons. The highest BCUT2D eigenvalue weighted by Gasteiger charge is 2.18. The molecule has 0 aliphatic carbocycles. The van der Waals surface area contributed by atoms with E-state index in [0.29, 0.717) is 12.1 Å². The third kappa shape index (κ3) is 3.48. The van der Waals surface area contributed by atoms with Crippen molar-refractivity contribution >= 4 is 0 Å². The van der Waals surface area contributed by atoms with Gasteiger partial charge in [-0.25, -0.2) is 8.78 Å². The molecule has 2 unspecified atom stereocenters. The molecule has 1 aliphatic heterocycles. The molecule has 0 spiro atoms. The number of rotatable bonds is 5. The number of halogens is 2. The Balaban J connectivity index is 1.98. The third-order valence-electron chi connectivity index (χ3n) is 3.14. The molecule has 2 atom stereocenters. The van der Waals surface area contributed by atoms with Crippen molar-refractivity contribution in [2.45, 2.75) is 25.0 Å². The highest BCUT2D eigenvalue weighted by Crippen LogP contribution is 2.17. The van der Waals surface area contributed by atoms with E-state index in [0.717, 1.165) is 25.5 Å². The van der Waals surface area contributed by atoms with Gasteiger partial charge in [0.25, 0.3) is 0 Å². The summed E-state index contributed by atoms with van der Waals surface area (Å²) in [5.74, 6) is -1.16. The van der Waals surface area contributed by atoms with Crippen LogP contribution in [0.5, 0.6) is 0 Å². The fraction of sp³-hybridized carbons (Fsp3) is 0.538. The molecule has 3 N–H and O–H groups in total. The van der Waals surface area contributed by atoms with Crippen LogP contribution in [-0.4, -0.2) is 25.8 Å². The second-order valence-corrected chi connectivity index (χ2v) is 4.53. The molecule has 1 saturated heterocycles. The van der Waals surface area contributed by atoms with Crippen LogP contribution in [-0.2, 0) is 4.74 Å². The quantitative estimate of drug-likeness (QED) is 0.843. The molecule has 0 amide bonds. The summed E-state index contributed by atoms with van der Waals surface area (Å²) in [5, 5.41) is 3.20. The minimum atomic E-state index is -0.581. The highest BCUT2D eigenvalue weighted by molar-refractivity contribution is 5.21. The van der Waals surface area contributed by atoms with Crippen molar-refractivity contribution in [2.24, 2.45) is 5.73 Å². The number of nitrogens with two attached hydrogens (primary N) is 1. The lowest BCUT2D eigenvalue weighted by molar-refractivity contribution is 0.107. The molecule has 1 heterocycles. The van der Waals surface area contributed by atoms with Gasteiger partial charge < -0.3 is 15.8 Å². The van der Waals surface area contributed by atoms with Crippen LogP contribution in [0.1, 0.15) is 24.4 Å². The average Bonchev–Trinajstić information content (AvgIpc) is 2.81. The summed E-state index contributed by atoms with van der Waals surface area (Å²) >= 11 is 0. The molecule has 1 aromatic rings. The summed E-state index contributed by atoms with van der Waals surface area (Å²) in [6.45, 7) is 1.73. The van der Waals surface area contributed by atoms with Crippen LogP contribution in [0.4, 0.5) is 8.78 Å². The van der Waals surface area contributed by atoms with E-state index in [1.165, 1.54) is 12.1 Å². The van der Waals surface area contributed by atoms with Gasteiger partial charge in [0.05, 0.1) is 6.10 Å². The van der Waals surface area contributed by atoms with Gasteiger partial charge >= 0.3 is 0 Å². The zero-order valence-corrected chi connectivity index (χ0v) is 10.2. The zero-order chi connectivity index (χ0) is 13.0. The normalized spacial score (nSPS) is 21.2. The van der Waals surface area contributed by atoms with E-state index < -0.39 is 11.6 Å². The second kappa shape index (κ2) is 6.22. The van der Waals surface area contributed by atoms with Crippen LogP contribution >= 0.6 is 0 Å². The summed E-state index contributed by atoms with van der Waals surface area (Å²) in [7, 11) is 0. The van der Waals surface area contributed by atoms with E-state index in [2.05, 4.69) is 5.32 Å². The van der Waals surface area contributed by atoms with E-state index >= 15 is 0 Å². The summed E-state index contributed by atoms with van der Waals surface area (Å²) in [6, 6.07) is 3.23. The van der Waals surface area contributed by atoms with Crippen molar-refractivity contribution in [1.82, 2.24) is 5.32 Å². The molecule has 1 aliphatic rings. The van der Waals surface area contributed by atoms with Gasteiger partial charge in [-0.05, 0) is 30.5 Å². The number of nitrogens with one attached hydrogen (secondary N) is 1. The zero-order valence-electron chi connectivity index (χ0n) is 10.2. The number of benzene rings is 1. The molecule has 0 bridgehead atoms. The molecule has 3 nitrogen and oxygen atoms in total. The molecular formula is C13H18F2N2O. The van der Waals surface area contributed by atoms with Crippen LogP contribution in [0.25, 0.3) is 0 Å². The molecule has 1 aromatic carbocycles. The van der Waals surface area contributed by atoms with Crippen molar-refractivity contribution in [3.8, 4) is 0 Å². The van der Waals surface area contributed by atoms with E-state index in [1.54, 1.807) is 0 Å². The summed E-state index contributed by atoms with van der Waals surface area (Å²) in [6.07, 6.45) is 2.26. The lowest BCUT2D eigenvalue weighted by Gasteiger charge is -2.20. The van der Waals surface area contributed by atoms with Gasteiger partial charge in [-0.1, -0.05) is 0 Å². The number of hydrogen-bond acceptors (Lipinski definition) is 3. The van der Waals surface area contributed by atoms with Crippen molar-refractivity contribution in [3.05, 3.63) is 35.4 Å². The van der Waals surface area contributed by atoms with Gasteiger partial charge in [-0.15, -0.1) is 0 Å². The summed E-state index contributed by atoms with van der Waals surface area (Å²) < 4.78 is 31.7. The number of hydrogen-bond donors (Lipinski definition) is 2. The molecule has 0 aromatic heterocycles. The van der Waals surface area contributed by atoms with Gasteiger partial charge in [0, 0.05) is 31.8 Å². The van der Waals surface area contributed by atoms with E-state index in [4.69, 9.17) is 10.5 Å². The smallest absolute Gasteiger partial charge is 0.126 e. The maximum atomic E-state index is 13.1. The van der Waals surface area contributed by atoms with E-state index in [-0.39, 0.29) is 18.7 Å². The lowest BCUT2D eigenvalue weighted by atomic mass is 10.1. The van der Waals surface area contributed by atoms with Crippen LogP contribution in [0.2, 0.25) is 0 Å². The SMILES string of the molecule is NCC(NCC1CCCO1)c1cc(F)cc(F)c1. The van der Waals surface area contributed by atoms with Gasteiger partial charge in [-0.2, -0.15) is 0 Å². The molecule has 5 heteroatoms. The Bertz CT molecular complexity index is 374. The average molecular weight is 256 g/mol. The van der Waals surface area contributed by atoms with Gasteiger partial charge in [0.2, 0.25) is 0 Å². The number of ether oxygens (including phenoxy) is 1. The van der Waals surface area contributed by atoms with E-state index in [9.17, 15) is 8.78 Å². The third-order valence-corrected chi connectivity index (χ3v) is 3.14. The van der Waals surface area contributed by atoms with Gasteiger partial charge in [0.15, 0.2) is 0 Å². The molecule has 1 fully saturated rings. The first-order chi connectivity index (χ1) is 8.69. The maximum absolute atomic E-state index is 13.1. The highest BCUT2D eigenvalue weighted by atomic mass is 19.1. The predicted molar refractivity (Wildman–Crippen MR) is 65.1 cm³/mol. The van der Waals surface area contributed by atoms with Crippen molar-refractivity contribution < 1.29 is 13.5 Å². The summed E-state index contributed by atoms with van der Waals surface area (Å²) in [4.78, 5) is 0. The Kier molecular flexibility index (Phi) is 4.63. The van der Waals surface area contributed by atoms with Crippen LogP contribution < -0.4 is 11.1 Å². The minimum Gasteiger partial charge on any atom is -0.377 e. The Morgan fingerprint density at radius 3 is 2.61 bits per heavy atom. The first-order valence-corrected chi connectivity index (χ1v) is 6.20. The summed E-state index contributed by atoms with van der Waals surface area (Å²) in [5.41, 5.74) is 6.18. The molecular weight excluding hydrogens is 238 g/mol. The van der Waals surface area contributed by atoms with E-state index in [1.807, 2.05) is 0 Å². The van der Waals surface area contributed by atoms with Crippen molar-refractivity contribution in [3.63, 3.8) is 0 Å². The largest absolute Gasteiger partial charge is 0.377 e.